The summed E-state index contributed by atoms with van der Waals surface area (Å²) in [6, 6.07) is 0.854. The van der Waals surface area contributed by atoms with Crippen molar-refractivity contribution in [2.45, 2.75) is 60.0 Å². The highest BCUT2D eigenvalue weighted by molar-refractivity contribution is 5.15. The highest BCUT2D eigenvalue weighted by Gasteiger charge is 2.34. The van der Waals surface area contributed by atoms with Gasteiger partial charge in [0.05, 0.1) is 6.04 Å². The highest BCUT2D eigenvalue weighted by Crippen LogP contribution is 2.32. The Morgan fingerprint density at radius 1 is 1.28 bits per heavy atom. The Hall–Kier alpha value is -0.920. The van der Waals surface area contributed by atoms with Crippen molar-refractivity contribution in [3.8, 4) is 0 Å². The van der Waals surface area contributed by atoms with Crippen molar-refractivity contribution in [2.24, 2.45) is 11.3 Å². The summed E-state index contributed by atoms with van der Waals surface area (Å²) >= 11 is 0. The quantitative estimate of drug-likeness (QED) is 0.817. The topological polar surface area (TPSA) is 15.3 Å². The molecule has 2 heteroatoms. The van der Waals surface area contributed by atoms with Crippen molar-refractivity contribution < 1.29 is 0 Å². The van der Waals surface area contributed by atoms with Gasteiger partial charge in [-0.1, -0.05) is 40.9 Å². The van der Waals surface area contributed by atoms with Gasteiger partial charge < -0.3 is 10.2 Å². The number of nitrogens with one attached hydrogen (secondary N) is 1. The van der Waals surface area contributed by atoms with E-state index in [-0.39, 0.29) is 11.5 Å². The minimum absolute atomic E-state index is 0.140. The molecule has 2 nitrogen and oxygen atoms in total. The second-order valence-corrected chi connectivity index (χ2v) is 7.06. The lowest BCUT2D eigenvalue weighted by Crippen LogP contribution is -2.46. The summed E-state index contributed by atoms with van der Waals surface area (Å²) in [5.41, 5.74) is 2.36. The fraction of sp³-hybridized carbons (Fsp3) is 0.750. The van der Waals surface area contributed by atoms with Gasteiger partial charge in [0.15, 0.2) is 0 Å². The molecule has 3 unspecified atom stereocenters. The summed E-state index contributed by atoms with van der Waals surface area (Å²) in [7, 11) is 0. The molecule has 1 heterocycles. The van der Waals surface area contributed by atoms with Gasteiger partial charge in [-0.3, -0.25) is 0 Å². The molecule has 3 atom stereocenters. The Labute approximate surface area is 113 Å². The predicted molar refractivity (Wildman–Crippen MR) is 80.3 cm³/mol. The van der Waals surface area contributed by atoms with Gasteiger partial charge in [0, 0.05) is 24.0 Å². The molecule has 1 aliphatic rings. The Balaban J connectivity index is 2.86. The van der Waals surface area contributed by atoms with Crippen LogP contribution in [0.1, 0.15) is 48.0 Å². The van der Waals surface area contributed by atoms with E-state index in [4.69, 9.17) is 0 Å². The molecule has 1 saturated heterocycles. The van der Waals surface area contributed by atoms with E-state index < -0.39 is 0 Å². The molecule has 0 aromatic carbocycles. The van der Waals surface area contributed by atoms with Crippen LogP contribution in [0.15, 0.2) is 24.6 Å². The van der Waals surface area contributed by atoms with E-state index in [1.54, 1.807) is 0 Å². The van der Waals surface area contributed by atoms with Crippen molar-refractivity contribution in [1.29, 1.82) is 0 Å². The van der Waals surface area contributed by atoms with E-state index in [0.29, 0.717) is 6.04 Å². The third kappa shape index (κ3) is 3.54. The maximum atomic E-state index is 4.36. The van der Waals surface area contributed by atoms with E-state index >= 15 is 0 Å². The normalized spacial score (nSPS) is 26.0. The van der Waals surface area contributed by atoms with Crippen LogP contribution >= 0.6 is 0 Å². The number of allylic oxidation sites excluding steroid dienone is 1. The van der Waals surface area contributed by atoms with E-state index in [2.05, 4.69) is 58.0 Å². The zero-order valence-electron chi connectivity index (χ0n) is 13.0. The minimum atomic E-state index is 0.140. The van der Waals surface area contributed by atoms with Crippen LogP contribution in [0.4, 0.5) is 0 Å². The second-order valence-electron chi connectivity index (χ2n) is 7.06. The molecule has 0 spiro atoms. The average molecular weight is 250 g/mol. The first-order chi connectivity index (χ1) is 8.12. The molecule has 0 radical (unpaired) electrons. The fourth-order valence-corrected chi connectivity index (χ4v) is 2.91. The lowest BCUT2D eigenvalue weighted by molar-refractivity contribution is 0.234. The van der Waals surface area contributed by atoms with Crippen LogP contribution in [0.5, 0.6) is 0 Å². The Bertz CT molecular complexity index is 324. The van der Waals surface area contributed by atoms with Gasteiger partial charge in [0.1, 0.15) is 0 Å². The monoisotopic (exact) mass is 250 g/mol. The standard InChI is InChI=1S/C16H30N2/c1-11(2)17-15(16(6,7)8)14(5)18-10-12(3)9-13(18)4/h12-13,15,17H,1,5,9-10H2,2-4,6-8H3. The largest absolute Gasteiger partial charge is 0.380 e. The van der Waals surface area contributed by atoms with Crippen LogP contribution < -0.4 is 5.32 Å². The summed E-state index contributed by atoms with van der Waals surface area (Å²) < 4.78 is 0. The maximum Gasteiger partial charge on any atom is 0.0700 e. The number of hydrogen-bond donors (Lipinski definition) is 1. The van der Waals surface area contributed by atoms with Crippen LogP contribution in [-0.2, 0) is 0 Å². The fourth-order valence-electron chi connectivity index (χ4n) is 2.91. The molecule has 0 amide bonds. The number of hydrogen-bond acceptors (Lipinski definition) is 2. The molecule has 0 aromatic rings. The van der Waals surface area contributed by atoms with Crippen molar-refractivity contribution in [1.82, 2.24) is 10.2 Å². The Morgan fingerprint density at radius 3 is 2.17 bits per heavy atom. The van der Waals surface area contributed by atoms with Gasteiger partial charge in [-0.2, -0.15) is 0 Å². The molecular weight excluding hydrogens is 220 g/mol. The van der Waals surface area contributed by atoms with Gasteiger partial charge in [-0.05, 0) is 31.6 Å². The van der Waals surface area contributed by atoms with E-state index in [0.717, 1.165) is 18.2 Å². The van der Waals surface area contributed by atoms with Crippen LogP contribution in [0.3, 0.4) is 0 Å². The summed E-state index contributed by atoms with van der Waals surface area (Å²) in [6.45, 7) is 22.9. The third-order valence-corrected chi connectivity index (χ3v) is 3.74. The van der Waals surface area contributed by atoms with Crippen molar-refractivity contribution in [3.63, 3.8) is 0 Å². The number of likely N-dealkylation sites (tertiary alicyclic amines) is 1. The molecule has 0 bridgehead atoms. The Kier molecular flexibility index (Phi) is 4.52. The molecule has 0 aromatic heterocycles. The third-order valence-electron chi connectivity index (χ3n) is 3.74. The van der Waals surface area contributed by atoms with E-state index in [1.807, 2.05) is 6.92 Å². The zero-order chi connectivity index (χ0) is 14.1. The van der Waals surface area contributed by atoms with Gasteiger partial charge in [-0.25, -0.2) is 0 Å². The molecule has 1 aliphatic heterocycles. The maximum absolute atomic E-state index is 4.36. The first kappa shape index (κ1) is 15.1. The number of nitrogens with zero attached hydrogens (tertiary/aromatic N) is 1. The molecule has 0 saturated carbocycles. The molecule has 1 rings (SSSR count). The Morgan fingerprint density at radius 2 is 1.83 bits per heavy atom. The van der Waals surface area contributed by atoms with Crippen molar-refractivity contribution in [2.75, 3.05) is 6.54 Å². The summed E-state index contributed by atoms with van der Waals surface area (Å²) in [5, 5.41) is 3.50. The van der Waals surface area contributed by atoms with Crippen LogP contribution in [0.25, 0.3) is 0 Å². The van der Waals surface area contributed by atoms with Gasteiger partial charge in [-0.15, -0.1) is 0 Å². The van der Waals surface area contributed by atoms with E-state index in [1.165, 1.54) is 12.1 Å². The molecule has 18 heavy (non-hydrogen) atoms. The van der Waals surface area contributed by atoms with Crippen LogP contribution in [0.2, 0.25) is 0 Å². The predicted octanol–water partition coefficient (Wildman–Crippen LogP) is 3.77. The number of rotatable bonds is 4. The summed E-state index contributed by atoms with van der Waals surface area (Å²) in [4.78, 5) is 2.47. The minimum Gasteiger partial charge on any atom is -0.380 e. The average Bonchev–Trinajstić information content (AvgIpc) is 2.51. The SMILES string of the molecule is C=C(C)NC(C(=C)N1CC(C)CC1C)C(C)(C)C. The second kappa shape index (κ2) is 5.38. The first-order valence-electron chi connectivity index (χ1n) is 7.00. The van der Waals surface area contributed by atoms with Crippen molar-refractivity contribution in [3.05, 3.63) is 24.6 Å². The molecule has 0 aliphatic carbocycles. The van der Waals surface area contributed by atoms with Crippen LogP contribution in [-0.4, -0.2) is 23.5 Å². The smallest absolute Gasteiger partial charge is 0.0700 e. The van der Waals surface area contributed by atoms with Gasteiger partial charge >= 0.3 is 0 Å². The lowest BCUT2D eigenvalue weighted by atomic mass is 9.84. The molecule has 1 fully saturated rings. The zero-order valence-corrected chi connectivity index (χ0v) is 13.0. The van der Waals surface area contributed by atoms with E-state index in [9.17, 15) is 0 Å². The highest BCUT2D eigenvalue weighted by atomic mass is 15.2. The van der Waals surface area contributed by atoms with Crippen LogP contribution in [0, 0.1) is 11.3 Å². The summed E-state index contributed by atoms with van der Waals surface area (Å²) in [6.07, 6.45) is 1.27. The molecular formula is C16H30N2. The van der Waals surface area contributed by atoms with Gasteiger partial charge in [0.2, 0.25) is 0 Å². The van der Waals surface area contributed by atoms with Crippen molar-refractivity contribution >= 4 is 0 Å². The lowest BCUT2D eigenvalue weighted by Gasteiger charge is -2.39. The summed E-state index contributed by atoms with van der Waals surface area (Å²) in [5.74, 6) is 0.766. The van der Waals surface area contributed by atoms with Gasteiger partial charge in [0.25, 0.3) is 0 Å². The first-order valence-corrected chi connectivity index (χ1v) is 7.00. The molecule has 104 valence electrons. The molecule has 1 N–H and O–H groups in total.